The molecule has 0 saturated carbocycles. The van der Waals surface area contributed by atoms with E-state index < -0.39 is 0 Å². The summed E-state index contributed by atoms with van der Waals surface area (Å²) in [6.07, 6.45) is 7.00. The average Bonchev–Trinajstić information content (AvgIpc) is 2.89. The van der Waals surface area contributed by atoms with Crippen LogP contribution in [0, 0.1) is 0 Å². The molecule has 0 aliphatic heterocycles. The van der Waals surface area contributed by atoms with Crippen LogP contribution in [0.3, 0.4) is 0 Å². The van der Waals surface area contributed by atoms with Crippen molar-refractivity contribution < 1.29 is 0 Å². The first-order valence-corrected chi connectivity index (χ1v) is 10.7. The number of hydrogen-bond acceptors (Lipinski definition) is 2. The fourth-order valence-electron chi connectivity index (χ4n) is 1.01. The molecule has 0 radical (unpaired) electrons. The number of pyridine rings is 2. The molecule has 0 amide bonds. The second-order valence-corrected chi connectivity index (χ2v) is 3.20. The molecule has 0 atom stereocenters. The molecule has 3 aromatic rings. The Kier molecular flexibility index (Phi) is 73.3. The zero-order valence-electron chi connectivity index (χ0n) is 20.1. The fourth-order valence-corrected chi connectivity index (χ4v) is 1.01. The monoisotopic (exact) mass is 386 g/mol. The van der Waals surface area contributed by atoms with Gasteiger partial charge in [-0.25, -0.2) is 0 Å². The highest BCUT2D eigenvalue weighted by Gasteiger charge is 1.59. The second kappa shape index (κ2) is 56.3. The lowest BCUT2D eigenvalue weighted by molar-refractivity contribution is 1.33. The van der Waals surface area contributed by atoms with E-state index in [-0.39, 0.29) is 0 Å². The number of rotatable bonds is 0. The molecule has 0 aliphatic rings. The Bertz CT molecular complexity index is 301. The van der Waals surface area contributed by atoms with E-state index in [1.54, 1.807) is 24.8 Å². The quantitative estimate of drug-likeness (QED) is 0.385. The van der Waals surface area contributed by atoms with E-state index in [1.807, 2.05) is 142 Å². The minimum absolute atomic E-state index is 1.75. The highest BCUT2D eigenvalue weighted by Crippen LogP contribution is 1.80. The molecule has 0 bridgehead atoms. The Balaban J connectivity index is -0.0000000775. The summed E-state index contributed by atoms with van der Waals surface area (Å²) >= 11 is 0. The summed E-state index contributed by atoms with van der Waals surface area (Å²) in [4.78, 5) is 7.57. The second-order valence-electron chi connectivity index (χ2n) is 3.20. The maximum atomic E-state index is 3.78. The third-order valence-corrected chi connectivity index (χ3v) is 1.80. The molecule has 2 heteroatoms. The van der Waals surface area contributed by atoms with Gasteiger partial charge in [-0.3, -0.25) is 9.97 Å². The lowest BCUT2D eigenvalue weighted by Gasteiger charge is -1.70. The number of aromatic nitrogens is 2. The van der Waals surface area contributed by atoms with E-state index in [9.17, 15) is 0 Å². The lowest BCUT2D eigenvalue weighted by Crippen LogP contribution is -1.58. The standard InChI is InChI=1S/C6H6.2C5H5N.5C2H6/c3*1-2-4-6-5-3-1;5*1-2/h1-6H;2*1-5H;5*1-2H3. The van der Waals surface area contributed by atoms with Crippen LogP contribution < -0.4 is 0 Å². The summed E-state index contributed by atoms with van der Waals surface area (Å²) in [5.74, 6) is 0. The fraction of sp³-hybridized carbons (Fsp3) is 0.385. The van der Waals surface area contributed by atoms with Gasteiger partial charge >= 0.3 is 0 Å². The molecule has 0 spiro atoms. The van der Waals surface area contributed by atoms with Gasteiger partial charge in [0.1, 0.15) is 0 Å². The zero-order chi connectivity index (χ0) is 22.7. The molecule has 0 unspecified atom stereocenters. The average molecular weight is 387 g/mol. The minimum Gasteiger partial charge on any atom is -0.265 e. The molecular formula is C26H46N2. The molecule has 0 saturated heterocycles. The van der Waals surface area contributed by atoms with Gasteiger partial charge < -0.3 is 0 Å². The molecule has 3 rings (SSSR count). The summed E-state index contributed by atoms with van der Waals surface area (Å²) in [5, 5.41) is 0. The summed E-state index contributed by atoms with van der Waals surface area (Å²) in [7, 11) is 0. The van der Waals surface area contributed by atoms with Gasteiger partial charge in [-0.2, -0.15) is 0 Å². The van der Waals surface area contributed by atoms with Crippen molar-refractivity contribution in [2.75, 3.05) is 0 Å². The van der Waals surface area contributed by atoms with Gasteiger partial charge in [0.25, 0.3) is 0 Å². The minimum atomic E-state index is 1.75. The predicted octanol–water partition coefficient (Wildman–Crippen LogP) is 8.98. The van der Waals surface area contributed by atoms with Gasteiger partial charge in [-0.1, -0.05) is 118 Å². The first-order chi connectivity index (χ1) is 14.0. The van der Waals surface area contributed by atoms with Crippen LogP contribution in [0.1, 0.15) is 69.2 Å². The van der Waals surface area contributed by atoms with Crippen LogP contribution in [0.4, 0.5) is 0 Å². The van der Waals surface area contributed by atoms with E-state index in [2.05, 4.69) is 9.97 Å². The normalized spacial score (nSPS) is 6.21. The van der Waals surface area contributed by atoms with Crippen LogP contribution in [0.2, 0.25) is 0 Å². The van der Waals surface area contributed by atoms with E-state index in [0.717, 1.165) is 0 Å². The maximum Gasteiger partial charge on any atom is 0.0267 e. The summed E-state index contributed by atoms with van der Waals surface area (Å²) in [6, 6.07) is 23.4. The van der Waals surface area contributed by atoms with E-state index in [0.29, 0.717) is 0 Å². The topological polar surface area (TPSA) is 25.8 Å². The SMILES string of the molecule is CC.CC.CC.CC.CC.c1ccccc1.c1ccncc1.c1ccncc1. The molecule has 2 aromatic heterocycles. The highest BCUT2D eigenvalue weighted by molar-refractivity contribution is 4.99. The molecule has 1 aromatic carbocycles. The van der Waals surface area contributed by atoms with Crippen molar-refractivity contribution in [3.63, 3.8) is 0 Å². The maximum absolute atomic E-state index is 3.78. The van der Waals surface area contributed by atoms with Crippen LogP contribution in [-0.2, 0) is 0 Å². The molecule has 28 heavy (non-hydrogen) atoms. The molecule has 0 N–H and O–H groups in total. The van der Waals surface area contributed by atoms with Crippen LogP contribution >= 0.6 is 0 Å². The lowest BCUT2D eigenvalue weighted by atomic mass is 10.4. The van der Waals surface area contributed by atoms with Crippen molar-refractivity contribution in [3.8, 4) is 0 Å². The van der Waals surface area contributed by atoms with E-state index >= 15 is 0 Å². The summed E-state index contributed by atoms with van der Waals surface area (Å²) in [5.41, 5.74) is 0. The molecule has 0 aliphatic carbocycles. The van der Waals surface area contributed by atoms with E-state index in [1.165, 1.54) is 0 Å². The van der Waals surface area contributed by atoms with Crippen LogP contribution in [-0.4, -0.2) is 9.97 Å². The third-order valence-electron chi connectivity index (χ3n) is 1.80. The zero-order valence-corrected chi connectivity index (χ0v) is 20.1. The summed E-state index contributed by atoms with van der Waals surface area (Å²) < 4.78 is 0. The smallest absolute Gasteiger partial charge is 0.0267 e. The van der Waals surface area contributed by atoms with Gasteiger partial charge in [-0.15, -0.1) is 0 Å². The Morgan fingerprint density at radius 1 is 0.250 bits per heavy atom. The van der Waals surface area contributed by atoms with Gasteiger partial charge in [0.2, 0.25) is 0 Å². The molecule has 2 heterocycles. The van der Waals surface area contributed by atoms with Crippen LogP contribution in [0.25, 0.3) is 0 Å². The first kappa shape index (κ1) is 36.4. The molecule has 0 fully saturated rings. The van der Waals surface area contributed by atoms with Crippen molar-refractivity contribution in [2.45, 2.75) is 69.2 Å². The Hall–Kier alpha value is -2.48. The highest BCUT2D eigenvalue weighted by atomic mass is 14.6. The van der Waals surface area contributed by atoms with Crippen molar-refractivity contribution in [2.24, 2.45) is 0 Å². The number of hydrogen-bond donors (Lipinski definition) is 0. The number of nitrogens with zero attached hydrogens (tertiary/aromatic N) is 2. The summed E-state index contributed by atoms with van der Waals surface area (Å²) in [6.45, 7) is 20.0. The van der Waals surface area contributed by atoms with Crippen molar-refractivity contribution in [1.29, 1.82) is 0 Å². The van der Waals surface area contributed by atoms with E-state index in [4.69, 9.17) is 0 Å². The van der Waals surface area contributed by atoms with Crippen molar-refractivity contribution in [1.82, 2.24) is 9.97 Å². The van der Waals surface area contributed by atoms with Gasteiger partial charge in [-0.05, 0) is 24.3 Å². The Morgan fingerprint density at radius 3 is 0.464 bits per heavy atom. The van der Waals surface area contributed by atoms with Crippen molar-refractivity contribution >= 4 is 0 Å². The molecule has 2 nitrogen and oxygen atoms in total. The van der Waals surface area contributed by atoms with Gasteiger partial charge in [0.15, 0.2) is 0 Å². The van der Waals surface area contributed by atoms with Gasteiger partial charge in [0.05, 0.1) is 0 Å². The molecular weight excluding hydrogens is 340 g/mol. The number of benzene rings is 1. The predicted molar refractivity (Wildman–Crippen MR) is 132 cm³/mol. The Morgan fingerprint density at radius 2 is 0.393 bits per heavy atom. The van der Waals surface area contributed by atoms with Gasteiger partial charge in [0, 0.05) is 24.8 Å². The van der Waals surface area contributed by atoms with Crippen LogP contribution in [0.15, 0.2) is 97.6 Å². The molecule has 160 valence electrons. The third kappa shape index (κ3) is 49.5. The largest absolute Gasteiger partial charge is 0.265 e. The first-order valence-electron chi connectivity index (χ1n) is 10.7. The van der Waals surface area contributed by atoms with Crippen LogP contribution in [0.5, 0.6) is 0 Å². The Labute approximate surface area is 177 Å². The van der Waals surface area contributed by atoms with Crippen molar-refractivity contribution in [3.05, 3.63) is 97.6 Å².